The first-order valence-electron chi connectivity index (χ1n) is 8.31. The van der Waals surface area contributed by atoms with Gasteiger partial charge in [0.1, 0.15) is 0 Å². The number of carbonyl (C=O) groups excluding carboxylic acids is 2. The Kier molecular flexibility index (Phi) is 5.85. The molecule has 1 heterocycles. The molecule has 1 saturated heterocycles. The van der Waals surface area contributed by atoms with Crippen LogP contribution in [0.3, 0.4) is 0 Å². The monoisotopic (exact) mass is 387 g/mol. The summed E-state index contributed by atoms with van der Waals surface area (Å²) in [7, 11) is 0. The largest absolute Gasteiger partial charge is 0.339 e. The summed E-state index contributed by atoms with van der Waals surface area (Å²) in [6.07, 6.45) is 2.05. The molecule has 1 aliphatic rings. The van der Waals surface area contributed by atoms with Gasteiger partial charge in [-0.15, -0.1) is 0 Å². The second-order valence-electron chi connectivity index (χ2n) is 5.96. The van der Waals surface area contributed by atoms with Crippen molar-refractivity contribution in [1.29, 1.82) is 0 Å². The number of amides is 2. The number of hydrogen-bond donors (Lipinski definition) is 2. The first kappa shape index (κ1) is 18.4. The van der Waals surface area contributed by atoms with Crippen molar-refractivity contribution in [3.05, 3.63) is 64.7 Å². The lowest BCUT2D eigenvalue weighted by atomic mass is 10.1. The molecule has 2 aromatic carbocycles. The molecule has 0 unspecified atom stereocenters. The Balaban J connectivity index is 1.69. The average Bonchev–Trinajstić information content (AvgIpc) is 3.16. The summed E-state index contributed by atoms with van der Waals surface area (Å²) in [6.45, 7) is 1.53. The van der Waals surface area contributed by atoms with Gasteiger partial charge in [-0.3, -0.25) is 14.9 Å². The summed E-state index contributed by atoms with van der Waals surface area (Å²) >= 11 is 11.1. The van der Waals surface area contributed by atoms with Crippen LogP contribution in [0.4, 0.5) is 5.69 Å². The molecule has 7 heteroatoms. The van der Waals surface area contributed by atoms with Gasteiger partial charge in [0.05, 0.1) is 11.3 Å². The van der Waals surface area contributed by atoms with E-state index in [0.29, 0.717) is 21.8 Å². The molecule has 1 aliphatic heterocycles. The zero-order valence-corrected chi connectivity index (χ0v) is 15.6. The molecular weight excluding hydrogens is 370 g/mol. The molecule has 2 aromatic rings. The van der Waals surface area contributed by atoms with Crippen LogP contribution in [-0.2, 0) is 0 Å². The number of para-hydroxylation sites is 1. The molecule has 0 aromatic heterocycles. The predicted molar refractivity (Wildman–Crippen MR) is 107 cm³/mol. The first-order valence-corrected chi connectivity index (χ1v) is 9.09. The Morgan fingerprint density at radius 3 is 2.50 bits per heavy atom. The Morgan fingerprint density at radius 1 is 1.04 bits per heavy atom. The summed E-state index contributed by atoms with van der Waals surface area (Å²) in [5.74, 6) is -0.400. The highest BCUT2D eigenvalue weighted by atomic mass is 35.5. The number of nitrogens with zero attached hydrogens (tertiary/aromatic N) is 1. The van der Waals surface area contributed by atoms with E-state index in [1.807, 2.05) is 17.0 Å². The van der Waals surface area contributed by atoms with Crippen LogP contribution >= 0.6 is 23.8 Å². The van der Waals surface area contributed by atoms with Crippen LogP contribution in [0.2, 0.25) is 5.02 Å². The van der Waals surface area contributed by atoms with Gasteiger partial charge in [0.25, 0.3) is 11.8 Å². The summed E-state index contributed by atoms with van der Waals surface area (Å²) in [6, 6.07) is 13.7. The molecule has 134 valence electrons. The lowest BCUT2D eigenvalue weighted by molar-refractivity contribution is 0.0793. The van der Waals surface area contributed by atoms with Crippen LogP contribution in [0, 0.1) is 0 Å². The summed E-state index contributed by atoms with van der Waals surface area (Å²) in [5, 5.41) is 6.15. The quantitative estimate of drug-likeness (QED) is 0.788. The zero-order valence-electron chi connectivity index (χ0n) is 14.0. The van der Waals surface area contributed by atoms with E-state index >= 15 is 0 Å². The van der Waals surface area contributed by atoms with Gasteiger partial charge in [0.2, 0.25) is 0 Å². The van der Waals surface area contributed by atoms with E-state index in [0.717, 1.165) is 25.9 Å². The van der Waals surface area contributed by atoms with E-state index in [-0.39, 0.29) is 16.9 Å². The van der Waals surface area contributed by atoms with Gasteiger partial charge in [-0.1, -0.05) is 29.8 Å². The van der Waals surface area contributed by atoms with E-state index in [1.54, 1.807) is 36.4 Å². The summed E-state index contributed by atoms with van der Waals surface area (Å²) in [5.41, 5.74) is 1.51. The molecule has 26 heavy (non-hydrogen) atoms. The standard InChI is InChI=1S/C19H18ClN3O2S/c20-14-7-5-6-13(12-14)17(24)22-19(26)21-16-9-2-1-8-15(16)18(25)23-10-3-4-11-23/h1-2,5-9,12H,3-4,10-11H2,(H2,21,22,24,26). The number of carbonyl (C=O) groups is 2. The summed E-state index contributed by atoms with van der Waals surface area (Å²) < 4.78 is 0. The van der Waals surface area contributed by atoms with Gasteiger partial charge >= 0.3 is 0 Å². The Labute approximate surface area is 162 Å². The molecule has 0 spiro atoms. The Hall–Kier alpha value is -2.44. The van der Waals surface area contributed by atoms with Gasteiger partial charge in [-0.05, 0) is 55.4 Å². The van der Waals surface area contributed by atoms with E-state index in [4.69, 9.17) is 23.8 Å². The molecule has 0 radical (unpaired) electrons. The summed E-state index contributed by atoms with van der Waals surface area (Å²) in [4.78, 5) is 26.8. The average molecular weight is 388 g/mol. The number of halogens is 1. The maximum Gasteiger partial charge on any atom is 0.257 e. The smallest absolute Gasteiger partial charge is 0.257 e. The second-order valence-corrected chi connectivity index (χ2v) is 6.81. The Bertz CT molecular complexity index is 850. The molecule has 5 nitrogen and oxygen atoms in total. The van der Waals surface area contributed by atoms with Crippen LogP contribution < -0.4 is 10.6 Å². The highest BCUT2D eigenvalue weighted by Gasteiger charge is 2.22. The molecule has 0 bridgehead atoms. The van der Waals surface area contributed by atoms with Crippen LogP contribution in [0.1, 0.15) is 33.6 Å². The van der Waals surface area contributed by atoms with Crippen LogP contribution in [0.25, 0.3) is 0 Å². The van der Waals surface area contributed by atoms with Gasteiger partial charge in [0, 0.05) is 23.7 Å². The number of hydrogen-bond acceptors (Lipinski definition) is 3. The topological polar surface area (TPSA) is 61.4 Å². The molecule has 0 atom stereocenters. The van der Waals surface area contributed by atoms with Crippen molar-refractivity contribution >= 4 is 46.4 Å². The Morgan fingerprint density at radius 2 is 1.77 bits per heavy atom. The third kappa shape index (κ3) is 4.39. The van der Waals surface area contributed by atoms with Crippen molar-refractivity contribution in [3.63, 3.8) is 0 Å². The van der Waals surface area contributed by atoms with Crippen molar-refractivity contribution < 1.29 is 9.59 Å². The van der Waals surface area contributed by atoms with E-state index < -0.39 is 0 Å². The van der Waals surface area contributed by atoms with Crippen molar-refractivity contribution in [2.45, 2.75) is 12.8 Å². The van der Waals surface area contributed by atoms with Gasteiger partial charge in [-0.25, -0.2) is 0 Å². The zero-order chi connectivity index (χ0) is 18.5. The van der Waals surface area contributed by atoms with Crippen LogP contribution in [-0.4, -0.2) is 34.9 Å². The third-order valence-corrected chi connectivity index (χ3v) is 4.55. The lowest BCUT2D eigenvalue weighted by Gasteiger charge is -2.18. The van der Waals surface area contributed by atoms with Crippen molar-refractivity contribution in [1.82, 2.24) is 10.2 Å². The molecule has 2 N–H and O–H groups in total. The number of thiocarbonyl (C=S) groups is 1. The van der Waals surface area contributed by atoms with E-state index in [9.17, 15) is 9.59 Å². The first-order chi connectivity index (χ1) is 12.5. The fraction of sp³-hybridized carbons (Fsp3) is 0.211. The number of benzene rings is 2. The fourth-order valence-electron chi connectivity index (χ4n) is 2.83. The molecule has 3 rings (SSSR count). The van der Waals surface area contributed by atoms with E-state index in [1.165, 1.54) is 0 Å². The highest BCUT2D eigenvalue weighted by Crippen LogP contribution is 2.20. The van der Waals surface area contributed by atoms with Gasteiger partial charge < -0.3 is 10.2 Å². The maximum absolute atomic E-state index is 12.7. The number of rotatable bonds is 3. The SMILES string of the molecule is O=C(NC(=S)Nc1ccccc1C(=O)N1CCCC1)c1cccc(Cl)c1. The minimum atomic E-state index is -0.367. The number of anilines is 1. The van der Waals surface area contributed by atoms with Crippen LogP contribution in [0.15, 0.2) is 48.5 Å². The number of nitrogens with one attached hydrogen (secondary N) is 2. The lowest BCUT2D eigenvalue weighted by Crippen LogP contribution is -2.35. The minimum Gasteiger partial charge on any atom is -0.339 e. The maximum atomic E-state index is 12.7. The molecular formula is C19H18ClN3O2S. The number of likely N-dealkylation sites (tertiary alicyclic amines) is 1. The molecule has 0 aliphatic carbocycles. The fourth-order valence-corrected chi connectivity index (χ4v) is 3.22. The molecule has 1 fully saturated rings. The van der Waals surface area contributed by atoms with Crippen molar-refractivity contribution in [2.24, 2.45) is 0 Å². The van der Waals surface area contributed by atoms with Crippen molar-refractivity contribution in [2.75, 3.05) is 18.4 Å². The van der Waals surface area contributed by atoms with Crippen molar-refractivity contribution in [3.8, 4) is 0 Å². The van der Waals surface area contributed by atoms with E-state index in [2.05, 4.69) is 10.6 Å². The normalized spacial score (nSPS) is 13.3. The second kappa shape index (κ2) is 8.29. The molecule has 0 saturated carbocycles. The predicted octanol–water partition coefficient (Wildman–Crippen LogP) is 3.70. The molecule has 2 amide bonds. The minimum absolute atomic E-state index is 0.0328. The van der Waals surface area contributed by atoms with Gasteiger partial charge in [0.15, 0.2) is 5.11 Å². The van der Waals surface area contributed by atoms with Crippen LogP contribution in [0.5, 0.6) is 0 Å². The highest BCUT2D eigenvalue weighted by molar-refractivity contribution is 7.80. The third-order valence-electron chi connectivity index (χ3n) is 4.11. The van der Waals surface area contributed by atoms with Gasteiger partial charge in [-0.2, -0.15) is 0 Å².